The predicted octanol–water partition coefficient (Wildman–Crippen LogP) is 3.17. The molecule has 1 aromatic rings. The Labute approximate surface area is 125 Å². The molecule has 0 fully saturated rings. The van der Waals surface area contributed by atoms with Gasteiger partial charge in [-0.25, -0.2) is 0 Å². The molecule has 0 atom stereocenters. The van der Waals surface area contributed by atoms with Crippen LogP contribution in [0.5, 0.6) is 0 Å². The van der Waals surface area contributed by atoms with E-state index in [2.05, 4.69) is 18.2 Å². The summed E-state index contributed by atoms with van der Waals surface area (Å²) in [4.78, 5) is 24.3. The molecule has 21 heavy (non-hydrogen) atoms. The van der Waals surface area contributed by atoms with E-state index in [4.69, 9.17) is 5.11 Å². The molecule has 0 saturated heterocycles. The van der Waals surface area contributed by atoms with E-state index in [0.717, 1.165) is 37.9 Å². The fourth-order valence-corrected chi connectivity index (χ4v) is 2.86. The molecule has 1 heterocycles. The molecular weight excluding hydrogens is 266 g/mol. The first kappa shape index (κ1) is 15.5. The molecule has 0 aliphatic carbocycles. The number of unbranched alkanes of at least 4 members (excludes halogenated alkanes) is 1. The molecule has 0 bridgehead atoms. The predicted molar refractivity (Wildman–Crippen MR) is 82.6 cm³/mol. The van der Waals surface area contributed by atoms with Crippen molar-refractivity contribution in [2.24, 2.45) is 0 Å². The van der Waals surface area contributed by atoms with Gasteiger partial charge in [0.05, 0.1) is 0 Å². The molecule has 0 unspecified atom stereocenters. The van der Waals surface area contributed by atoms with E-state index in [-0.39, 0.29) is 12.3 Å². The molecule has 1 aliphatic rings. The zero-order chi connectivity index (χ0) is 15.2. The quantitative estimate of drug-likeness (QED) is 0.818. The van der Waals surface area contributed by atoms with Crippen LogP contribution in [0, 0.1) is 0 Å². The third-order valence-electron chi connectivity index (χ3n) is 3.97. The van der Waals surface area contributed by atoms with Crippen molar-refractivity contribution < 1.29 is 14.7 Å². The molecule has 0 aromatic heterocycles. The SMILES string of the molecule is CCC(=O)N1CCCc2cc(CCCCC(=O)O)ccc21. The number of carboxylic acid groups (broad SMARTS) is 1. The van der Waals surface area contributed by atoms with E-state index < -0.39 is 5.97 Å². The fourth-order valence-electron chi connectivity index (χ4n) is 2.86. The highest BCUT2D eigenvalue weighted by Crippen LogP contribution is 2.29. The van der Waals surface area contributed by atoms with Crippen molar-refractivity contribution in [3.63, 3.8) is 0 Å². The minimum atomic E-state index is -0.728. The van der Waals surface area contributed by atoms with Gasteiger partial charge in [0.1, 0.15) is 0 Å². The number of fused-ring (bicyclic) bond motifs is 1. The van der Waals surface area contributed by atoms with E-state index >= 15 is 0 Å². The normalized spacial score (nSPS) is 13.9. The zero-order valence-corrected chi connectivity index (χ0v) is 12.6. The highest BCUT2D eigenvalue weighted by Gasteiger charge is 2.21. The van der Waals surface area contributed by atoms with Crippen LogP contribution in [0.2, 0.25) is 0 Å². The number of aliphatic carboxylic acids is 1. The third kappa shape index (κ3) is 4.06. The molecule has 1 N–H and O–H groups in total. The summed E-state index contributed by atoms with van der Waals surface area (Å²) in [5, 5.41) is 8.64. The summed E-state index contributed by atoms with van der Waals surface area (Å²) in [6, 6.07) is 6.31. The largest absolute Gasteiger partial charge is 0.481 e. The Morgan fingerprint density at radius 3 is 2.81 bits per heavy atom. The Morgan fingerprint density at radius 2 is 2.10 bits per heavy atom. The summed E-state index contributed by atoms with van der Waals surface area (Å²) in [7, 11) is 0. The standard InChI is InChI=1S/C17H23NO3/c1-2-16(19)18-11-5-7-14-12-13(9-10-15(14)18)6-3-4-8-17(20)21/h9-10,12H,2-8,11H2,1H3,(H,20,21). The number of carbonyl (C=O) groups is 2. The van der Waals surface area contributed by atoms with Gasteiger partial charge >= 0.3 is 5.97 Å². The van der Waals surface area contributed by atoms with Gasteiger partial charge in [0.25, 0.3) is 0 Å². The number of benzene rings is 1. The molecule has 1 aromatic carbocycles. The highest BCUT2D eigenvalue weighted by molar-refractivity contribution is 5.94. The van der Waals surface area contributed by atoms with E-state index in [1.165, 1.54) is 11.1 Å². The Hall–Kier alpha value is -1.84. The Kier molecular flexibility index (Phi) is 5.37. The Balaban J connectivity index is 2.01. The topological polar surface area (TPSA) is 57.6 Å². The molecule has 0 radical (unpaired) electrons. The molecule has 1 amide bonds. The smallest absolute Gasteiger partial charge is 0.303 e. The number of anilines is 1. The van der Waals surface area contributed by atoms with Gasteiger partial charge in [0, 0.05) is 25.1 Å². The molecular formula is C17H23NO3. The molecule has 4 nitrogen and oxygen atoms in total. The van der Waals surface area contributed by atoms with Crippen LogP contribution in [0.1, 0.15) is 50.2 Å². The number of hydrogen-bond acceptors (Lipinski definition) is 2. The van der Waals surface area contributed by atoms with Crippen molar-refractivity contribution in [2.45, 2.75) is 51.9 Å². The minimum absolute atomic E-state index is 0.185. The number of aryl methyl sites for hydroxylation is 2. The highest BCUT2D eigenvalue weighted by atomic mass is 16.4. The first-order valence-electron chi connectivity index (χ1n) is 7.75. The third-order valence-corrected chi connectivity index (χ3v) is 3.97. The maximum absolute atomic E-state index is 12.0. The maximum Gasteiger partial charge on any atom is 0.303 e. The lowest BCUT2D eigenvalue weighted by atomic mass is 9.96. The van der Waals surface area contributed by atoms with E-state index in [1.807, 2.05) is 11.8 Å². The maximum atomic E-state index is 12.0. The van der Waals surface area contributed by atoms with Crippen LogP contribution >= 0.6 is 0 Å². The van der Waals surface area contributed by atoms with Gasteiger partial charge in [-0.05, 0) is 49.3 Å². The first-order valence-corrected chi connectivity index (χ1v) is 7.75. The lowest BCUT2D eigenvalue weighted by Gasteiger charge is -2.29. The van der Waals surface area contributed by atoms with Gasteiger partial charge < -0.3 is 10.0 Å². The van der Waals surface area contributed by atoms with Crippen LogP contribution in [0.15, 0.2) is 18.2 Å². The number of nitrogens with zero attached hydrogens (tertiary/aromatic N) is 1. The average Bonchev–Trinajstić information content (AvgIpc) is 2.49. The van der Waals surface area contributed by atoms with Crippen LogP contribution < -0.4 is 4.90 Å². The number of hydrogen-bond donors (Lipinski definition) is 1. The number of carboxylic acids is 1. The van der Waals surface area contributed by atoms with Gasteiger partial charge in [-0.15, -0.1) is 0 Å². The Bertz CT molecular complexity index is 525. The number of carbonyl (C=O) groups excluding carboxylic acids is 1. The van der Waals surface area contributed by atoms with Crippen LogP contribution in [-0.2, 0) is 22.4 Å². The summed E-state index contributed by atoms with van der Waals surface area (Å²) < 4.78 is 0. The lowest BCUT2D eigenvalue weighted by Crippen LogP contribution is -2.34. The van der Waals surface area contributed by atoms with Gasteiger partial charge in [-0.2, -0.15) is 0 Å². The van der Waals surface area contributed by atoms with Crippen molar-refractivity contribution in [2.75, 3.05) is 11.4 Å². The van der Waals surface area contributed by atoms with Gasteiger partial charge in [-0.1, -0.05) is 19.1 Å². The van der Waals surface area contributed by atoms with E-state index in [1.54, 1.807) is 0 Å². The summed E-state index contributed by atoms with van der Waals surface area (Å²) in [5.41, 5.74) is 3.55. The van der Waals surface area contributed by atoms with Crippen molar-refractivity contribution >= 4 is 17.6 Å². The number of amides is 1. The van der Waals surface area contributed by atoms with E-state index in [0.29, 0.717) is 12.8 Å². The Morgan fingerprint density at radius 1 is 1.29 bits per heavy atom. The molecule has 1 aliphatic heterocycles. The molecule has 114 valence electrons. The van der Waals surface area contributed by atoms with Gasteiger partial charge in [0.15, 0.2) is 0 Å². The molecule has 0 spiro atoms. The van der Waals surface area contributed by atoms with Gasteiger partial charge in [-0.3, -0.25) is 9.59 Å². The van der Waals surface area contributed by atoms with Crippen LogP contribution in [0.25, 0.3) is 0 Å². The summed E-state index contributed by atoms with van der Waals surface area (Å²) in [6.45, 7) is 2.71. The van der Waals surface area contributed by atoms with Crippen LogP contribution in [-0.4, -0.2) is 23.5 Å². The van der Waals surface area contributed by atoms with Crippen molar-refractivity contribution in [3.05, 3.63) is 29.3 Å². The second kappa shape index (κ2) is 7.25. The second-order valence-electron chi connectivity index (χ2n) is 5.57. The van der Waals surface area contributed by atoms with E-state index in [9.17, 15) is 9.59 Å². The lowest BCUT2D eigenvalue weighted by molar-refractivity contribution is -0.137. The van der Waals surface area contributed by atoms with Crippen molar-refractivity contribution in [1.29, 1.82) is 0 Å². The average molecular weight is 289 g/mol. The minimum Gasteiger partial charge on any atom is -0.481 e. The zero-order valence-electron chi connectivity index (χ0n) is 12.6. The van der Waals surface area contributed by atoms with Crippen LogP contribution in [0.3, 0.4) is 0 Å². The fraction of sp³-hybridized carbons (Fsp3) is 0.529. The van der Waals surface area contributed by atoms with Gasteiger partial charge in [0.2, 0.25) is 5.91 Å². The van der Waals surface area contributed by atoms with Crippen molar-refractivity contribution in [1.82, 2.24) is 0 Å². The first-order chi connectivity index (χ1) is 10.1. The molecule has 4 heteroatoms. The van der Waals surface area contributed by atoms with Crippen molar-refractivity contribution in [3.8, 4) is 0 Å². The molecule has 2 rings (SSSR count). The monoisotopic (exact) mass is 289 g/mol. The van der Waals surface area contributed by atoms with Crippen LogP contribution in [0.4, 0.5) is 5.69 Å². The molecule has 0 saturated carbocycles. The second-order valence-corrected chi connectivity index (χ2v) is 5.57. The summed E-state index contributed by atoms with van der Waals surface area (Å²) >= 11 is 0. The summed E-state index contributed by atoms with van der Waals surface area (Å²) in [5.74, 6) is -0.542. The summed E-state index contributed by atoms with van der Waals surface area (Å²) in [6.07, 6.45) is 5.32. The number of rotatable bonds is 6.